The summed E-state index contributed by atoms with van der Waals surface area (Å²) >= 11 is 0. The fraction of sp³-hybridized carbons (Fsp3) is 0.560. The molecule has 2 aliphatic heterocycles. The van der Waals surface area contributed by atoms with Crippen LogP contribution in [0, 0.1) is 5.92 Å². The number of carbonyl (C=O) groups excluding carboxylic acids is 1. The van der Waals surface area contributed by atoms with Crippen LogP contribution in [0.25, 0.3) is 10.8 Å². The zero-order valence-corrected chi connectivity index (χ0v) is 18.7. The Hall–Kier alpha value is -2.28. The van der Waals surface area contributed by atoms with Crippen LogP contribution in [0.15, 0.2) is 36.4 Å². The van der Waals surface area contributed by atoms with E-state index in [2.05, 4.69) is 18.7 Å². The average Bonchev–Trinajstić information content (AvgIpc) is 2.78. The second-order valence-electron chi connectivity index (χ2n) is 9.28. The second-order valence-corrected chi connectivity index (χ2v) is 9.28. The van der Waals surface area contributed by atoms with Crippen LogP contribution in [-0.4, -0.2) is 60.2 Å². The molecule has 2 heterocycles. The molecule has 4 nitrogen and oxygen atoms in total. The largest absolute Gasteiger partial charge is 0.490 e. The van der Waals surface area contributed by atoms with Crippen LogP contribution in [0.3, 0.4) is 0 Å². The third-order valence-electron chi connectivity index (χ3n) is 6.81. The van der Waals surface area contributed by atoms with Gasteiger partial charge in [-0.3, -0.25) is 4.79 Å². The van der Waals surface area contributed by atoms with Crippen molar-refractivity contribution in [3.8, 4) is 5.75 Å². The molecule has 0 saturated carbocycles. The van der Waals surface area contributed by atoms with Crippen molar-refractivity contribution >= 4 is 16.7 Å². The highest BCUT2D eigenvalue weighted by Gasteiger charge is 2.41. The van der Waals surface area contributed by atoms with Crippen molar-refractivity contribution in [2.24, 2.45) is 5.92 Å². The summed E-state index contributed by atoms with van der Waals surface area (Å²) in [5.41, 5.74) is 0.512. The first-order chi connectivity index (χ1) is 15.2. The molecule has 1 amide bonds. The normalized spacial score (nSPS) is 19.6. The number of fused-ring (bicyclic) bond motifs is 1. The number of alkyl halides is 3. The quantitative estimate of drug-likeness (QED) is 0.619. The molecule has 0 unspecified atom stereocenters. The number of benzene rings is 2. The fourth-order valence-electron chi connectivity index (χ4n) is 4.73. The summed E-state index contributed by atoms with van der Waals surface area (Å²) in [5.74, 6) is -0.683. The molecule has 2 aromatic rings. The van der Waals surface area contributed by atoms with E-state index in [9.17, 15) is 18.0 Å². The topological polar surface area (TPSA) is 32.8 Å². The second kappa shape index (κ2) is 9.30. The summed E-state index contributed by atoms with van der Waals surface area (Å²) < 4.78 is 44.9. The van der Waals surface area contributed by atoms with Gasteiger partial charge in [0.25, 0.3) is 5.91 Å². The van der Waals surface area contributed by atoms with Crippen LogP contribution in [-0.2, 0) is 0 Å². The fourth-order valence-corrected chi connectivity index (χ4v) is 4.73. The van der Waals surface area contributed by atoms with E-state index in [1.165, 1.54) is 4.90 Å². The van der Waals surface area contributed by atoms with Crippen LogP contribution in [0.1, 0.15) is 49.9 Å². The lowest BCUT2D eigenvalue weighted by Crippen LogP contribution is -2.42. The van der Waals surface area contributed by atoms with Gasteiger partial charge in [0.05, 0.1) is 5.92 Å². The third kappa shape index (κ3) is 5.20. The Balaban J connectivity index is 1.38. The molecule has 7 heteroatoms. The Morgan fingerprint density at radius 2 is 1.56 bits per heavy atom. The van der Waals surface area contributed by atoms with E-state index in [4.69, 9.17) is 4.74 Å². The Morgan fingerprint density at radius 3 is 2.19 bits per heavy atom. The smallest absolute Gasteiger partial charge is 0.391 e. The molecule has 0 aliphatic carbocycles. The number of amides is 1. The molecule has 2 fully saturated rings. The highest BCUT2D eigenvalue weighted by atomic mass is 19.4. The lowest BCUT2D eigenvalue weighted by molar-refractivity contribution is -0.183. The first kappa shape index (κ1) is 22.9. The molecule has 0 atom stereocenters. The SMILES string of the molecule is CC(C)N1CCC(Oc2ccc3cc(C(=O)N4CCC(C(F)(F)F)CC4)ccc3c2)CC1. The number of rotatable bonds is 4. The van der Waals surface area contributed by atoms with Crippen LogP contribution < -0.4 is 4.74 Å². The monoisotopic (exact) mass is 448 g/mol. The number of hydrogen-bond donors (Lipinski definition) is 0. The summed E-state index contributed by atoms with van der Waals surface area (Å²) in [4.78, 5) is 16.8. The van der Waals surface area contributed by atoms with E-state index < -0.39 is 12.1 Å². The molecule has 0 aromatic heterocycles. The van der Waals surface area contributed by atoms with Crippen molar-refractivity contribution in [3.63, 3.8) is 0 Å². The minimum absolute atomic E-state index is 0.0282. The van der Waals surface area contributed by atoms with Gasteiger partial charge in [0.15, 0.2) is 0 Å². The molecule has 32 heavy (non-hydrogen) atoms. The first-order valence-electron chi connectivity index (χ1n) is 11.5. The minimum Gasteiger partial charge on any atom is -0.490 e. The van der Waals surface area contributed by atoms with Gasteiger partial charge in [0, 0.05) is 37.8 Å². The first-order valence-corrected chi connectivity index (χ1v) is 11.5. The van der Waals surface area contributed by atoms with Crippen molar-refractivity contribution < 1.29 is 22.7 Å². The number of likely N-dealkylation sites (tertiary alicyclic amines) is 2. The predicted molar refractivity (Wildman–Crippen MR) is 119 cm³/mol. The number of hydrogen-bond acceptors (Lipinski definition) is 3. The van der Waals surface area contributed by atoms with E-state index in [1.807, 2.05) is 30.3 Å². The zero-order valence-electron chi connectivity index (χ0n) is 18.7. The lowest BCUT2D eigenvalue weighted by Gasteiger charge is -2.34. The van der Waals surface area contributed by atoms with Crippen molar-refractivity contribution in [1.82, 2.24) is 9.80 Å². The van der Waals surface area contributed by atoms with Crippen LogP contribution in [0.4, 0.5) is 13.2 Å². The van der Waals surface area contributed by atoms with Crippen molar-refractivity contribution in [3.05, 3.63) is 42.0 Å². The minimum atomic E-state index is -4.18. The van der Waals surface area contributed by atoms with E-state index in [0.29, 0.717) is 11.6 Å². The number of nitrogens with zero attached hydrogens (tertiary/aromatic N) is 2. The molecule has 174 valence electrons. The van der Waals surface area contributed by atoms with Crippen molar-refractivity contribution in [1.29, 1.82) is 0 Å². The van der Waals surface area contributed by atoms with Gasteiger partial charge in [-0.15, -0.1) is 0 Å². The van der Waals surface area contributed by atoms with E-state index in [1.54, 1.807) is 6.07 Å². The van der Waals surface area contributed by atoms with Gasteiger partial charge in [-0.05, 0) is 74.6 Å². The Morgan fingerprint density at radius 1 is 0.938 bits per heavy atom. The molecular formula is C25H31F3N2O2. The van der Waals surface area contributed by atoms with Gasteiger partial charge in [0.2, 0.25) is 0 Å². The predicted octanol–water partition coefficient (Wildman–Crippen LogP) is 5.51. The van der Waals surface area contributed by atoms with Crippen LogP contribution >= 0.6 is 0 Å². The van der Waals surface area contributed by atoms with Gasteiger partial charge < -0.3 is 14.5 Å². The summed E-state index contributed by atoms with van der Waals surface area (Å²) in [6.07, 6.45) is -2.01. The zero-order chi connectivity index (χ0) is 22.9. The van der Waals surface area contributed by atoms with Gasteiger partial charge in [-0.1, -0.05) is 12.1 Å². The summed E-state index contributed by atoms with van der Waals surface area (Å²) in [7, 11) is 0. The maximum absolute atomic E-state index is 12.9. The average molecular weight is 449 g/mol. The van der Waals surface area contributed by atoms with Gasteiger partial charge >= 0.3 is 6.18 Å². The standard InChI is InChI=1S/C25H31F3N2O2/c1-17(2)29-13-9-22(10-14-29)32-23-6-5-18-15-20(4-3-19(18)16-23)24(31)30-11-7-21(8-12-30)25(26,27)28/h3-6,15-17,21-22H,7-14H2,1-2H3. The van der Waals surface area contributed by atoms with E-state index in [0.717, 1.165) is 42.5 Å². The molecule has 0 radical (unpaired) electrons. The van der Waals surface area contributed by atoms with Crippen molar-refractivity contribution in [2.75, 3.05) is 26.2 Å². The highest BCUT2D eigenvalue weighted by molar-refractivity contribution is 5.98. The summed E-state index contributed by atoms with van der Waals surface area (Å²) in [5, 5.41) is 1.90. The molecule has 0 spiro atoms. The molecule has 2 aromatic carbocycles. The number of ether oxygens (including phenoxy) is 1. The Bertz CT molecular complexity index is 944. The van der Waals surface area contributed by atoms with Gasteiger partial charge in [0.1, 0.15) is 11.9 Å². The number of halogens is 3. The highest BCUT2D eigenvalue weighted by Crippen LogP contribution is 2.34. The van der Waals surface area contributed by atoms with Crippen molar-refractivity contribution in [2.45, 2.75) is 57.9 Å². The molecule has 0 N–H and O–H groups in total. The lowest BCUT2D eigenvalue weighted by atomic mass is 9.95. The number of piperidine rings is 2. The van der Waals surface area contributed by atoms with Crippen LogP contribution in [0.2, 0.25) is 0 Å². The Labute approximate surface area is 187 Å². The number of carbonyl (C=O) groups is 1. The van der Waals surface area contributed by atoms with E-state index >= 15 is 0 Å². The molecule has 2 aliphatic rings. The maximum Gasteiger partial charge on any atom is 0.391 e. The van der Waals surface area contributed by atoms with Gasteiger partial charge in [-0.25, -0.2) is 0 Å². The molecular weight excluding hydrogens is 417 g/mol. The molecule has 4 rings (SSSR count). The van der Waals surface area contributed by atoms with Crippen LogP contribution in [0.5, 0.6) is 5.75 Å². The molecule has 2 saturated heterocycles. The molecule has 0 bridgehead atoms. The summed E-state index contributed by atoms with van der Waals surface area (Å²) in [6, 6.07) is 11.9. The Kier molecular flexibility index (Phi) is 6.65. The summed E-state index contributed by atoms with van der Waals surface area (Å²) in [6.45, 7) is 6.80. The van der Waals surface area contributed by atoms with Gasteiger partial charge in [-0.2, -0.15) is 13.2 Å². The third-order valence-corrected chi connectivity index (χ3v) is 6.81. The maximum atomic E-state index is 12.9. The van der Waals surface area contributed by atoms with E-state index in [-0.39, 0.29) is 37.9 Å².